The normalized spacial score (nSPS) is 16.0. The van der Waals surface area contributed by atoms with Gasteiger partial charge in [0, 0.05) is 72.4 Å². The highest BCUT2D eigenvalue weighted by Gasteiger charge is 2.36. The number of hydrogen-bond acceptors (Lipinski definition) is 21. The molecule has 2 unspecified atom stereocenters. The van der Waals surface area contributed by atoms with Crippen molar-refractivity contribution in [2.24, 2.45) is 5.16 Å². The zero-order valence-electron chi connectivity index (χ0n) is 51.3. The van der Waals surface area contributed by atoms with Crippen LogP contribution in [0.3, 0.4) is 0 Å². The number of aldehydes is 1. The number of carbonyl (C=O) groups is 5. The van der Waals surface area contributed by atoms with Crippen molar-refractivity contribution in [3.05, 3.63) is 95.6 Å². The van der Waals surface area contributed by atoms with Crippen molar-refractivity contribution in [3.8, 4) is 22.3 Å². The average Bonchev–Trinajstić information content (AvgIpc) is 1.86. The number of piperidine rings is 2. The number of oxime groups is 1. The fraction of sp³-hybridized carbons (Fsp3) is 0.467. The second-order valence-electron chi connectivity index (χ2n) is 25.3. The summed E-state index contributed by atoms with van der Waals surface area (Å²) in [4.78, 5) is 81.3. The molecule has 0 spiro atoms. The van der Waals surface area contributed by atoms with Crippen LogP contribution in [-0.2, 0) is 18.9 Å². The molecule has 10 heterocycles. The second kappa shape index (κ2) is 24.9. The van der Waals surface area contributed by atoms with E-state index >= 15 is 0 Å². The minimum atomic E-state index is -0.766. The molecule has 25 nitrogen and oxygen atoms in total. The molecule has 0 aromatic carbocycles. The van der Waals surface area contributed by atoms with Gasteiger partial charge in [0.1, 0.15) is 56.0 Å². The molecule has 2 aliphatic heterocycles. The van der Waals surface area contributed by atoms with E-state index in [9.17, 15) is 24.0 Å². The largest absolute Gasteiger partial charge is 0.463 e. The number of aryl methyl sites for hydroxylation is 2. The van der Waals surface area contributed by atoms with E-state index in [0.717, 1.165) is 37.1 Å². The predicted octanol–water partition coefficient (Wildman–Crippen LogP) is 13.5. The third-order valence-corrected chi connectivity index (χ3v) is 15.1. The minimum absolute atomic E-state index is 0.145. The lowest BCUT2D eigenvalue weighted by molar-refractivity contribution is 0.0187. The molecule has 0 radical (unpaired) electrons. The average molecular weight is 1230 g/mol. The smallest absolute Gasteiger partial charge is 0.421 e. The standard InChI is InChI=1S/C30H37N7O6S.C30H36N6O6S/c1-18-11-25(44-34-18)36(28(39)43-30(5,6)7)24-13-23(19-9-8-10-35(16-19)27(38)42-29(2,3)4)33-26-22(15-31-37(24)26)20-12-21(14-32-40)41-17-20;1-18-11-25(43-33-18)35(28(39)42-30(5,6)7)24-13-23(19-9-8-10-34(15-19)27(38)41-29(2,3)4)32-26-22(14-31-36(24)26)20-12-21(16-37)40-17-20/h11-15,17,19,40H,8-10,16H2,1-7H3;11-14,16-17,19H,8-10,15H2,1-7H3. The zero-order chi connectivity index (χ0) is 62.9. The number of hydrogen-bond donors (Lipinski definition) is 1. The van der Waals surface area contributed by atoms with Crippen LogP contribution in [0.25, 0.3) is 33.5 Å². The Hall–Kier alpha value is -8.72. The lowest BCUT2D eigenvalue weighted by atomic mass is 9.94. The highest BCUT2D eigenvalue weighted by Crippen LogP contribution is 2.40. The molecule has 0 aliphatic carbocycles. The lowest BCUT2D eigenvalue weighted by Gasteiger charge is -2.34. The van der Waals surface area contributed by atoms with Crippen molar-refractivity contribution in [2.75, 3.05) is 36.0 Å². The maximum Gasteiger partial charge on any atom is 0.421 e. The summed E-state index contributed by atoms with van der Waals surface area (Å²) >= 11 is 2.34. The maximum atomic E-state index is 13.8. The van der Waals surface area contributed by atoms with E-state index in [4.69, 9.17) is 43.0 Å². The van der Waals surface area contributed by atoms with Gasteiger partial charge in [0.25, 0.3) is 0 Å². The SMILES string of the molecule is Cc1cc(N(C(=O)OC(C)(C)C)c2cc(C3CCCN(C(=O)OC(C)(C)C)C3)nc3c(-c4coc(C=NO)c4)cnn23)sn1.Cc1cc(N(C(=O)OC(C)(C)C)c2cc(C3CCCN(C(=O)OC(C)(C)C)C3)nc3c(-c4coc(C=O)c4)cnn23)sn1. The van der Waals surface area contributed by atoms with Crippen LogP contribution >= 0.6 is 23.1 Å². The predicted molar refractivity (Wildman–Crippen MR) is 326 cm³/mol. The first-order valence-corrected chi connectivity index (χ1v) is 30.0. The Bertz CT molecular complexity index is 3850. The zero-order valence-corrected chi connectivity index (χ0v) is 52.9. The Morgan fingerprint density at radius 1 is 0.609 bits per heavy atom. The fourth-order valence-corrected chi connectivity index (χ4v) is 11.3. The molecule has 2 aliphatic rings. The summed E-state index contributed by atoms with van der Waals surface area (Å²) in [7, 11) is 0. The van der Waals surface area contributed by atoms with Crippen LogP contribution in [0.5, 0.6) is 0 Å². The van der Waals surface area contributed by atoms with E-state index in [1.807, 2.05) is 79.7 Å². The van der Waals surface area contributed by atoms with E-state index in [0.29, 0.717) is 105 Å². The molecule has 10 rings (SSSR count). The lowest BCUT2D eigenvalue weighted by Crippen LogP contribution is -2.42. The van der Waals surface area contributed by atoms with Gasteiger partial charge in [0.2, 0.25) is 0 Å². The number of ether oxygens (including phenoxy) is 4. The summed E-state index contributed by atoms with van der Waals surface area (Å²) in [6, 6.07) is 10.6. The van der Waals surface area contributed by atoms with Gasteiger partial charge in [-0.25, -0.2) is 38.9 Å². The van der Waals surface area contributed by atoms with Crippen LogP contribution in [-0.4, -0.2) is 138 Å². The summed E-state index contributed by atoms with van der Waals surface area (Å²) in [5.41, 5.74) is 3.53. The van der Waals surface area contributed by atoms with Gasteiger partial charge in [-0.15, -0.1) is 0 Å². The third kappa shape index (κ3) is 15.1. The summed E-state index contributed by atoms with van der Waals surface area (Å²) in [6.07, 6.45) is 9.18. The molecule has 2 saturated heterocycles. The molecule has 1 N–H and O–H groups in total. The third-order valence-electron chi connectivity index (χ3n) is 13.4. The van der Waals surface area contributed by atoms with Crippen LogP contribution < -0.4 is 9.80 Å². The van der Waals surface area contributed by atoms with Crippen LogP contribution in [0, 0.1) is 13.8 Å². The highest BCUT2D eigenvalue weighted by molar-refractivity contribution is 7.10. The van der Waals surface area contributed by atoms with Gasteiger partial charge in [0.05, 0.1) is 47.7 Å². The van der Waals surface area contributed by atoms with Crippen molar-refractivity contribution in [1.82, 2.24) is 47.7 Å². The Morgan fingerprint density at radius 2 is 1.01 bits per heavy atom. The molecule has 27 heteroatoms. The summed E-state index contributed by atoms with van der Waals surface area (Å²) < 4.78 is 45.9. The molecule has 8 aromatic rings. The number of anilines is 4. The van der Waals surface area contributed by atoms with Crippen molar-refractivity contribution < 1.29 is 57.0 Å². The molecular weight excluding hydrogens is 1160 g/mol. The van der Waals surface area contributed by atoms with E-state index < -0.39 is 34.6 Å². The monoisotopic (exact) mass is 1230 g/mol. The summed E-state index contributed by atoms with van der Waals surface area (Å²) in [5, 5.41) is 22.3. The van der Waals surface area contributed by atoms with Gasteiger partial charge in [-0.2, -0.15) is 28.0 Å². The van der Waals surface area contributed by atoms with Crippen LogP contribution in [0.1, 0.15) is 160 Å². The molecule has 87 heavy (non-hydrogen) atoms. The molecule has 2 fully saturated rings. The van der Waals surface area contributed by atoms with Gasteiger partial charge in [-0.1, -0.05) is 5.16 Å². The van der Waals surface area contributed by atoms with Gasteiger partial charge in [-0.3, -0.25) is 4.79 Å². The van der Waals surface area contributed by atoms with Crippen molar-refractivity contribution in [3.63, 3.8) is 0 Å². The number of nitrogens with zero attached hydrogens (tertiary/aromatic N) is 13. The highest BCUT2D eigenvalue weighted by atomic mass is 32.1. The van der Waals surface area contributed by atoms with E-state index in [2.05, 4.69) is 24.1 Å². The quantitative estimate of drug-likeness (QED) is 0.0438. The topological polar surface area (TPSA) is 280 Å². The first-order chi connectivity index (χ1) is 40.9. The van der Waals surface area contributed by atoms with Gasteiger partial charge in [-0.05, 0) is 170 Å². The minimum Gasteiger partial charge on any atom is -0.463 e. The van der Waals surface area contributed by atoms with Gasteiger partial charge >= 0.3 is 24.4 Å². The Morgan fingerprint density at radius 3 is 1.37 bits per heavy atom. The van der Waals surface area contributed by atoms with Gasteiger partial charge < -0.3 is 42.8 Å². The van der Waals surface area contributed by atoms with E-state index in [1.54, 1.807) is 84.9 Å². The number of carbonyl (C=O) groups excluding carboxylic acids is 5. The van der Waals surface area contributed by atoms with Gasteiger partial charge in [0.15, 0.2) is 23.3 Å². The number of rotatable bonds is 10. The van der Waals surface area contributed by atoms with Crippen LogP contribution in [0.4, 0.5) is 40.8 Å². The summed E-state index contributed by atoms with van der Waals surface area (Å²) in [5.74, 6) is 1.02. The Labute approximate surface area is 511 Å². The Balaban J connectivity index is 0.000000208. The molecule has 4 amide bonds. The van der Waals surface area contributed by atoms with Crippen molar-refractivity contribution in [2.45, 2.75) is 157 Å². The number of aromatic nitrogens is 8. The second-order valence-corrected chi connectivity index (χ2v) is 26.8. The molecule has 2 atom stereocenters. The first kappa shape index (κ1) is 62.8. The number of likely N-dealkylation sites (tertiary alicyclic amines) is 2. The van der Waals surface area contributed by atoms with Crippen molar-refractivity contribution >= 4 is 92.9 Å². The Kier molecular flexibility index (Phi) is 18.0. The maximum absolute atomic E-state index is 13.8. The number of fused-ring (bicyclic) bond motifs is 2. The molecule has 462 valence electrons. The molecule has 0 bridgehead atoms. The van der Waals surface area contributed by atoms with E-state index in [1.165, 1.54) is 51.6 Å². The fourth-order valence-electron chi connectivity index (χ4n) is 9.79. The van der Waals surface area contributed by atoms with Crippen LogP contribution in [0.2, 0.25) is 0 Å². The molecule has 8 aromatic heterocycles. The summed E-state index contributed by atoms with van der Waals surface area (Å²) in [6.45, 7) is 27.5. The first-order valence-electron chi connectivity index (χ1n) is 28.4. The number of furan rings is 2. The van der Waals surface area contributed by atoms with Crippen LogP contribution in [0.15, 0.2) is 75.3 Å². The van der Waals surface area contributed by atoms with Crippen molar-refractivity contribution in [1.29, 1.82) is 0 Å². The van der Waals surface area contributed by atoms with E-state index in [-0.39, 0.29) is 29.8 Å². The molecule has 0 saturated carbocycles. The molecular formula is C60H73N13O12S2. The number of amides is 4.